The third kappa shape index (κ3) is 3.82. The summed E-state index contributed by atoms with van der Waals surface area (Å²) in [6.07, 6.45) is 1.75. The lowest BCUT2D eigenvalue weighted by Crippen LogP contribution is -2.02. The highest BCUT2D eigenvalue weighted by Crippen LogP contribution is 2.33. The minimum Gasteiger partial charge on any atom is -0.394 e. The second-order valence-corrected chi connectivity index (χ2v) is 5.52. The Balaban J connectivity index is 2.05. The molecule has 0 saturated heterocycles. The molecule has 1 aromatic heterocycles. The number of hydrogen-bond donors (Lipinski definition) is 2. The van der Waals surface area contributed by atoms with Gasteiger partial charge < -0.3 is 10.4 Å². The molecule has 0 aliphatic rings. The van der Waals surface area contributed by atoms with Crippen LogP contribution in [0.2, 0.25) is 10.0 Å². The van der Waals surface area contributed by atoms with Gasteiger partial charge in [-0.25, -0.2) is 4.68 Å². The van der Waals surface area contributed by atoms with Gasteiger partial charge in [-0.15, -0.1) is 5.10 Å². The van der Waals surface area contributed by atoms with Crippen molar-refractivity contribution in [1.82, 2.24) is 15.0 Å². The van der Waals surface area contributed by atoms with Crippen molar-refractivity contribution in [1.29, 1.82) is 0 Å². The average Bonchev–Trinajstić information content (AvgIpc) is 2.76. The zero-order valence-corrected chi connectivity index (χ0v) is 12.9. The van der Waals surface area contributed by atoms with Crippen molar-refractivity contribution in [2.24, 2.45) is 0 Å². The number of rotatable bonds is 5. The van der Waals surface area contributed by atoms with Crippen LogP contribution in [0.5, 0.6) is 0 Å². The van der Waals surface area contributed by atoms with Crippen LogP contribution in [-0.2, 0) is 13.1 Å². The van der Waals surface area contributed by atoms with Gasteiger partial charge in [-0.05, 0) is 12.1 Å². The maximum absolute atomic E-state index is 8.79. The third-order valence-corrected chi connectivity index (χ3v) is 3.42. The molecule has 0 spiro atoms. The molecule has 0 unspecified atom stereocenters. The second-order valence-electron chi connectivity index (χ2n) is 3.79. The standard InChI is InChI=1S/C11H11BrCl2N4O/c12-7-3-9(13)11(10(14)4-7)15-5-8-6-18(1-2-19)17-16-8/h3-4,6,15,19H,1-2,5H2. The normalized spacial score (nSPS) is 10.7. The Kier molecular flexibility index (Phi) is 5.04. The maximum Gasteiger partial charge on any atom is 0.102 e. The first-order valence-electron chi connectivity index (χ1n) is 5.48. The number of nitrogens with zero attached hydrogens (tertiary/aromatic N) is 3. The zero-order chi connectivity index (χ0) is 13.8. The lowest BCUT2D eigenvalue weighted by atomic mass is 10.3. The van der Waals surface area contributed by atoms with Crippen LogP contribution in [0, 0.1) is 0 Å². The van der Waals surface area contributed by atoms with Crippen LogP contribution in [0.4, 0.5) is 5.69 Å². The van der Waals surface area contributed by atoms with Crippen molar-refractivity contribution in [3.05, 3.63) is 38.5 Å². The van der Waals surface area contributed by atoms with Crippen molar-refractivity contribution < 1.29 is 5.11 Å². The van der Waals surface area contributed by atoms with Gasteiger partial charge >= 0.3 is 0 Å². The molecule has 1 heterocycles. The fourth-order valence-electron chi connectivity index (χ4n) is 1.52. The van der Waals surface area contributed by atoms with Gasteiger partial charge in [-0.3, -0.25) is 0 Å². The Morgan fingerprint density at radius 1 is 1.32 bits per heavy atom. The molecule has 0 aliphatic heterocycles. The Hall–Kier alpha value is -0.820. The first-order valence-corrected chi connectivity index (χ1v) is 7.03. The van der Waals surface area contributed by atoms with E-state index in [1.807, 2.05) is 0 Å². The Morgan fingerprint density at radius 2 is 2.00 bits per heavy atom. The molecule has 0 amide bonds. The molecular formula is C11H11BrCl2N4O. The summed E-state index contributed by atoms with van der Waals surface area (Å²) in [5.41, 5.74) is 1.40. The Bertz CT molecular complexity index is 553. The zero-order valence-electron chi connectivity index (χ0n) is 9.78. The molecule has 8 heteroatoms. The molecule has 102 valence electrons. The number of anilines is 1. The summed E-state index contributed by atoms with van der Waals surface area (Å²) in [6, 6.07) is 3.52. The molecule has 0 aliphatic carbocycles. The van der Waals surface area contributed by atoms with E-state index >= 15 is 0 Å². The van der Waals surface area contributed by atoms with Gasteiger partial charge in [0.1, 0.15) is 5.69 Å². The number of halogens is 3. The number of aliphatic hydroxyl groups is 1. The van der Waals surface area contributed by atoms with Gasteiger partial charge in [0.05, 0.1) is 41.6 Å². The number of nitrogens with one attached hydrogen (secondary N) is 1. The molecule has 1 aromatic carbocycles. The highest BCUT2D eigenvalue weighted by Gasteiger charge is 2.08. The molecule has 0 bridgehead atoms. The highest BCUT2D eigenvalue weighted by molar-refractivity contribution is 9.10. The monoisotopic (exact) mass is 364 g/mol. The van der Waals surface area contributed by atoms with Crippen molar-refractivity contribution in [3.8, 4) is 0 Å². The van der Waals surface area contributed by atoms with E-state index < -0.39 is 0 Å². The van der Waals surface area contributed by atoms with Crippen molar-refractivity contribution in [3.63, 3.8) is 0 Å². The molecule has 19 heavy (non-hydrogen) atoms. The van der Waals surface area contributed by atoms with E-state index in [0.717, 1.165) is 10.2 Å². The van der Waals surface area contributed by atoms with Crippen LogP contribution in [0.1, 0.15) is 5.69 Å². The van der Waals surface area contributed by atoms with Gasteiger partial charge in [0, 0.05) is 4.47 Å². The van der Waals surface area contributed by atoms with Crippen molar-refractivity contribution >= 4 is 44.8 Å². The van der Waals surface area contributed by atoms with E-state index in [0.29, 0.717) is 28.8 Å². The number of hydrogen-bond acceptors (Lipinski definition) is 4. The smallest absolute Gasteiger partial charge is 0.102 e. The summed E-state index contributed by atoms with van der Waals surface area (Å²) in [5.74, 6) is 0. The van der Waals surface area contributed by atoms with Crippen LogP contribution >= 0.6 is 39.1 Å². The average molecular weight is 366 g/mol. The molecule has 2 aromatic rings. The van der Waals surface area contributed by atoms with Crippen LogP contribution in [0.15, 0.2) is 22.8 Å². The summed E-state index contributed by atoms with van der Waals surface area (Å²) in [5, 5.41) is 20.8. The largest absolute Gasteiger partial charge is 0.394 e. The fourth-order valence-corrected chi connectivity index (χ4v) is 2.86. The summed E-state index contributed by atoms with van der Waals surface area (Å²) in [7, 11) is 0. The van der Waals surface area contributed by atoms with Crippen LogP contribution in [0.3, 0.4) is 0 Å². The number of aromatic nitrogens is 3. The molecule has 2 N–H and O–H groups in total. The van der Waals surface area contributed by atoms with E-state index in [2.05, 4.69) is 31.6 Å². The maximum atomic E-state index is 8.79. The Morgan fingerprint density at radius 3 is 2.63 bits per heavy atom. The highest BCUT2D eigenvalue weighted by atomic mass is 79.9. The van der Waals surface area contributed by atoms with Crippen molar-refractivity contribution in [2.75, 3.05) is 11.9 Å². The minimum atomic E-state index is 0.0284. The molecule has 2 rings (SSSR count). The second kappa shape index (κ2) is 6.56. The quantitative estimate of drug-likeness (QED) is 0.855. The van der Waals surface area contributed by atoms with E-state index in [4.69, 9.17) is 28.3 Å². The predicted molar refractivity (Wildman–Crippen MR) is 78.6 cm³/mol. The molecule has 5 nitrogen and oxygen atoms in total. The number of benzene rings is 1. The van der Waals surface area contributed by atoms with E-state index in [1.54, 1.807) is 23.0 Å². The summed E-state index contributed by atoms with van der Waals surface area (Å²) in [4.78, 5) is 0. The van der Waals surface area contributed by atoms with Gasteiger partial charge in [-0.1, -0.05) is 44.3 Å². The van der Waals surface area contributed by atoms with Gasteiger partial charge in [0.15, 0.2) is 0 Å². The Labute approximate surface area is 128 Å². The van der Waals surface area contributed by atoms with Crippen LogP contribution < -0.4 is 5.32 Å². The lowest BCUT2D eigenvalue weighted by molar-refractivity contribution is 0.268. The SMILES string of the molecule is OCCn1cc(CNc2c(Cl)cc(Br)cc2Cl)nn1. The number of aliphatic hydroxyl groups excluding tert-OH is 1. The summed E-state index contributed by atoms with van der Waals surface area (Å²) in [6.45, 7) is 0.903. The predicted octanol–water partition coefficient (Wildman–Crippen LogP) is 2.95. The first-order chi connectivity index (χ1) is 9.10. The molecule has 0 fully saturated rings. The molecular weight excluding hydrogens is 355 g/mol. The fraction of sp³-hybridized carbons (Fsp3) is 0.273. The van der Waals surface area contributed by atoms with E-state index in [9.17, 15) is 0 Å². The molecule has 0 atom stereocenters. The first kappa shape index (κ1) is 14.6. The minimum absolute atomic E-state index is 0.0284. The van der Waals surface area contributed by atoms with Crippen LogP contribution in [-0.4, -0.2) is 26.7 Å². The topological polar surface area (TPSA) is 63.0 Å². The summed E-state index contributed by atoms with van der Waals surface area (Å²) < 4.78 is 2.39. The molecule has 0 saturated carbocycles. The van der Waals surface area contributed by atoms with E-state index in [-0.39, 0.29) is 6.61 Å². The van der Waals surface area contributed by atoms with Crippen molar-refractivity contribution in [2.45, 2.75) is 13.1 Å². The van der Waals surface area contributed by atoms with Gasteiger partial charge in [0.2, 0.25) is 0 Å². The molecule has 0 radical (unpaired) electrons. The van der Waals surface area contributed by atoms with Crippen LogP contribution in [0.25, 0.3) is 0 Å². The van der Waals surface area contributed by atoms with Gasteiger partial charge in [0.25, 0.3) is 0 Å². The lowest BCUT2D eigenvalue weighted by Gasteiger charge is -2.09. The third-order valence-electron chi connectivity index (χ3n) is 2.37. The van der Waals surface area contributed by atoms with Gasteiger partial charge in [-0.2, -0.15) is 0 Å². The summed E-state index contributed by atoms with van der Waals surface area (Å²) >= 11 is 15.5. The van der Waals surface area contributed by atoms with E-state index in [1.165, 1.54) is 0 Å².